The lowest BCUT2D eigenvalue weighted by molar-refractivity contribution is -0.715. The largest absolute Gasteiger partial charge is 0.628 e. The van der Waals surface area contributed by atoms with Crippen molar-refractivity contribution in [2.75, 3.05) is 25.1 Å². The van der Waals surface area contributed by atoms with Crippen molar-refractivity contribution in [2.24, 2.45) is 5.92 Å². The Bertz CT molecular complexity index is 441. The monoisotopic (exact) mass is 280 g/mol. The van der Waals surface area contributed by atoms with Crippen LogP contribution in [0.15, 0.2) is 18.3 Å². The zero-order chi connectivity index (χ0) is 14.5. The van der Waals surface area contributed by atoms with Crippen molar-refractivity contribution < 1.29 is 14.8 Å². The third kappa shape index (κ3) is 3.66. The van der Waals surface area contributed by atoms with Gasteiger partial charge in [0, 0.05) is 25.6 Å². The van der Waals surface area contributed by atoms with Gasteiger partial charge in [0.1, 0.15) is 11.5 Å². The molecule has 110 valence electrons. The molecule has 0 radical (unpaired) electrons. The number of nitrogens with zero attached hydrogens (tertiary/aromatic N) is 2. The van der Waals surface area contributed by atoms with E-state index in [1.807, 2.05) is 0 Å². The first-order valence-electron chi connectivity index (χ1n) is 6.59. The van der Waals surface area contributed by atoms with Crippen molar-refractivity contribution in [1.82, 2.24) is 4.98 Å². The van der Waals surface area contributed by atoms with Crippen LogP contribution in [0.1, 0.15) is 19.3 Å². The summed E-state index contributed by atoms with van der Waals surface area (Å²) in [6.07, 6.45) is 3.57. The van der Waals surface area contributed by atoms with Gasteiger partial charge in [-0.05, 0) is 24.8 Å². The van der Waals surface area contributed by atoms with E-state index < -0.39 is 5.23 Å². The molecule has 2 rings (SSSR count). The highest BCUT2D eigenvalue weighted by molar-refractivity contribution is 5.69. The average Bonchev–Trinajstić information content (AvgIpc) is 2.48. The number of hydrogen-bond donors (Lipinski definition) is 1. The summed E-state index contributed by atoms with van der Waals surface area (Å²) in [6.45, 7) is 1.61. The van der Waals surface area contributed by atoms with E-state index in [-0.39, 0.29) is 11.7 Å². The van der Waals surface area contributed by atoms with Crippen LogP contribution >= 0.6 is 0 Å². The Labute approximate surface area is 117 Å². The fourth-order valence-corrected chi connectivity index (χ4v) is 2.38. The first-order valence-corrected chi connectivity index (χ1v) is 6.59. The quantitative estimate of drug-likeness (QED) is 0.633. The fourth-order valence-electron chi connectivity index (χ4n) is 2.38. The van der Waals surface area contributed by atoms with Crippen LogP contribution in [0.5, 0.6) is 0 Å². The van der Waals surface area contributed by atoms with E-state index in [0.29, 0.717) is 12.3 Å². The van der Waals surface area contributed by atoms with E-state index >= 15 is 0 Å². The summed E-state index contributed by atoms with van der Waals surface area (Å²) in [5, 5.41) is 20.1. The first kappa shape index (κ1) is 14.7. The van der Waals surface area contributed by atoms with Crippen molar-refractivity contribution >= 4 is 17.5 Å². The van der Waals surface area contributed by atoms with E-state index in [2.05, 4.69) is 14.6 Å². The molecule has 7 heteroatoms. The highest BCUT2D eigenvalue weighted by Gasteiger charge is 2.22. The highest BCUT2D eigenvalue weighted by atomic mass is 16.8. The third-order valence-corrected chi connectivity index (χ3v) is 3.61. The molecule has 1 aliphatic heterocycles. The number of aromatic nitrogens is 1. The summed E-state index contributed by atoms with van der Waals surface area (Å²) in [6, 6.07) is 3.18. The van der Waals surface area contributed by atoms with Gasteiger partial charge >= 0.3 is 5.97 Å². The van der Waals surface area contributed by atoms with Gasteiger partial charge in [-0.25, -0.2) is 4.98 Å². The lowest BCUT2D eigenvalue weighted by Gasteiger charge is -2.32. The Morgan fingerprint density at radius 2 is 2.15 bits per heavy atom. The molecule has 1 aromatic heterocycles. The van der Waals surface area contributed by atoms with Gasteiger partial charge in [0.25, 0.3) is 0 Å². The lowest BCUT2D eigenvalue weighted by Crippen LogP contribution is -2.96. The SMILES string of the molecule is COC(=O)CC1CCN(c2ccc([NH+]([O-])[O-])cn2)CC1. The number of piperidine rings is 1. The molecule has 0 aliphatic carbocycles. The Balaban J connectivity index is 1.88. The van der Waals surface area contributed by atoms with E-state index in [4.69, 9.17) is 0 Å². The Morgan fingerprint density at radius 1 is 1.45 bits per heavy atom. The molecule has 2 heterocycles. The number of carbonyl (C=O) groups excluding carboxylic acids is 1. The van der Waals surface area contributed by atoms with Crippen LogP contribution in [0.4, 0.5) is 11.5 Å². The van der Waals surface area contributed by atoms with Crippen LogP contribution in [0, 0.1) is 16.3 Å². The number of esters is 1. The smallest absolute Gasteiger partial charge is 0.305 e. The van der Waals surface area contributed by atoms with E-state index in [1.54, 1.807) is 6.07 Å². The molecule has 1 saturated heterocycles. The van der Waals surface area contributed by atoms with Gasteiger partial charge in [-0.2, -0.15) is 0 Å². The van der Waals surface area contributed by atoms with Gasteiger partial charge in [0.05, 0.1) is 13.3 Å². The van der Waals surface area contributed by atoms with Gasteiger partial charge < -0.3 is 25.3 Å². The first-order chi connectivity index (χ1) is 9.60. The predicted molar refractivity (Wildman–Crippen MR) is 73.2 cm³/mol. The van der Waals surface area contributed by atoms with Crippen LogP contribution in [-0.2, 0) is 9.53 Å². The summed E-state index contributed by atoms with van der Waals surface area (Å²) in [5.41, 5.74) is 0.0781. The lowest BCUT2D eigenvalue weighted by atomic mass is 9.93. The maximum Gasteiger partial charge on any atom is 0.305 e. The normalized spacial score (nSPS) is 16.5. The summed E-state index contributed by atoms with van der Waals surface area (Å²) >= 11 is 0. The molecular formula is C13H18N3O4-. The third-order valence-electron chi connectivity index (χ3n) is 3.61. The second-order valence-corrected chi connectivity index (χ2v) is 4.90. The number of rotatable bonds is 4. The number of anilines is 1. The summed E-state index contributed by atoms with van der Waals surface area (Å²) < 4.78 is 4.67. The molecule has 0 aromatic carbocycles. The molecule has 20 heavy (non-hydrogen) atoms. The minimum atomic E-state index is -1.22. The van der Waals surface area contributed by atoms with E-state index in [9.17, 15) is 15.2 Å². The number of quaternary nitrogens is 1. The zero-order valence-corrected chi connectivity index (χ0v) is 11.4. The molecule has 7 nitrogen and oxygen atoms in total. The topological polar surface area (TPSA) is 93.0 Å². The van der Waals surface area contributed by atoms with Crippen LogP contribution in [0.2, 0.25) is 0 Å². The van der Waals surface area contributed by atoms with E-state index in [1.165, 1.54) is 19.4 Å². The van der Waals surface area contributed by atoms with Crippen molar-refractivity contribution in [1.29, 1.82) is 0 Å². The van der Waals surface area contributed by atoms with Gasteiger partial charge in [-0.15, -0.1) is 0 Å². The molecule has 0 amide bonds. The molecule has 0 unspecified atom stereocenters. The Morgan fingerprint density at radius 3 is 2.65 bits per heavy atom. The molecule has 1 N–H and O–H groups in total. The van der Waals surface area contributed by atoms with Crippen molar-refractivity contribution in [2.45, 2.75) is 19.3 Å². The minimum Gasteiger partial charge on any atom is -0.628 e. The van der Waals surface area contributed by atoms with Gasteiger partial charge in [0.15, 0.2) is 0 Å². The number of hydrogen-bond acceptors (Lipinski definition) is 6. The van der Waals surface area contributed by atoms with Crippen molar-refractivity contribution in [3.8, 4) is 0 Å². The van der Waals surface area contributed by atoms with Crippen LogP contribution in [0.3, 0.4) is 0 Å². The summed E-state index contributed by atoms with van der Waals surface area (Å²) in [5.74, 6) is 0.938. The van der Waals surface area contributed by atoms with Crippen molar-refractivity contribution in [3.05, 3.63) is 28.7 Å². The summed E-state index contributed by atoms with van der Waals surface area (Å²) in [7, 11) is 1.40. The summed E-state index contributed by atoms with van der Waals surface area (Å²) in [4.78, 5) is 17.5. The maximum absolute atomic E-state index is 11.2. The molecule has 0 bridgehead atoms. The van der Waals surface area contributed by atoms with Gasteiger partial charge in [-0.1, -0.05) is 0 Å². The molecular weight excluding hydrogens is 262 g/mol. The van der Waals surface area contributed by atoms with Crippen LogP contribution in [-0.4, -0.2) is 31.2 Å². The molecule has 1 aliphatic rings. The van der Waals surface area contributed by atoms with Crippen LogP contribution < -0.4 is 10.1 Å². The van der Waals surface area contributed by atoms with Crippen LogP contribution in [0.25, 0.3) is 0 Å². The van der Waals surface area contributed by atoms with Crippen molar-refractivity contribution in [3.63, 3.8) is 0 Å². The maximum atomic E-state index is 11.2. The molecule has 1 fully saturated rings. The molecule has 0 atom stereocenters. The predicted octanol–water partition coefficient (Wildman–Crippen LogP) is 0.373. The molecule has 1 aromatic rings. The molecule has 0 saturated carbocycles. The molecule has 0 spiro atoms. The average molecular weight is 280 g/mol. The second kappa shape index (κ2) is 6.65. The number of nitrogens with one attached hydrogen (secondary N) is 1. The number of methoxy groups -OCH3 is 1. The minimum absolute atomic E-state index is 0.0781. The zero-order valence-electron chi connectivity index (χ0n) is 11.4. The van der Waals surface area contributed by atoms with Gasteiger partial charge in [-0.3, -0.25) is 4.79 Å². The number of pyridine rings is 1. The number of ether oxygens (including phenoxy) is 1. The fraction of sp³-hybridized carbons (Fsp3) is 0.538. The van der Waals surface area contributed by atoms with E-state index in [0.717, 1.165) is 31.7 Å². The Kier molecular flexibility index (Phi) is 4.89. The van der Waals surface area contributed by atoms with Gasteiger partial charge in [0.2, 0.25) is 0 Å². The Hall–Kier alpha value is -1.70. The highest BCUT2D eigenvalue weighted by Crippen LogP contribution is 2.24. The second-order valence-electron chi connectivity index (χ2n) is 4.90. The standard InChI is InChI=1S/C13H18N3O4/c1-20-13(17)8-10-4-6-15(7-5-10)12-3-2-11(9-14-12)16(18)19/h2-3,9-10,16H,4-8H2,1H3/q-1. The number of carbonyl (C=O) groups is 1.